The van der Waals surface area contributed by atoms with E-state index in [-0.39, 0.29) is 5.91 Å². The quantitative estimate of drug-likeness (QED) is 0.576. The van der Waals surface area contributed by atoms with Crippen LogP contribution in [0.3, 0.4) is 0 Å². The molecule has 0 bridgehead atoms. The Bertz CT molecular complexity index is 185. The van der Waals surface area contributed by atoms with Crippen LogP contribution in [0.15, 0.2) is 0 Å². The van der Waals surface area contributed by atoms with Gasteiger partial charge in [-0.15, -0.1) is 0 Å². The summed E-state index contributed by atoms with van der Waals surface area (Å²) in [5, 5.41) is 0. The van der Waals surface area contributed by atoms with Gasteiger partial charge in [0.15, 0.2) is 0 Å². The summed E-state index contributed by atoms with van der Waals surface area (Å²) < 4.78 is 0. The molecule has 1 radical (unpaired) electrons. The molecular weight excluding hydrogens is 156 g/mol. The zero-order valence-electron chi connectivity index (χ0n) is 6.95. The minimum atomic E-state index is -0.662. The van der Waals surface area contributed by atoms with Crippen LogP contribution >= 0.6 is 0 Å². The topological polar surface area (TPSA) is 63.4 Å². The average Bonchev–Trinajstić information content (AvgIpc) is 2.05. The normalized spacial score (nSPS) is 17.5. The second-order valence-electron chi connectivity index (χ2n) is 2.93. The van der Waals surface area contributed by atoms with Gasteiger partial charge in [0.05, 0.1) is 0 Å². The fraction of sp³-hybridized carbons (Fsp3) is 0.625. The molecule has 0 spiro atoms. The molecule has 0 aromatic rings. The van der Waals surface area contributed by atoms with Crippen LogP contribution in [-0.4, -0.2) is 29.8 Å². The zero-order chi connectivity index (χ0) is 8.97. The summed E-state index contributed by atoms with van der Waals surface area (Å²) in [7, 11) is 0. The predicted molar refractivity (Wildman–Crippen MR) is 43.9 cm³/mol. The molecule has 0 saturated carbocycles. The Labute approximate surface area is 71.7 Å². The van der Waals surface area contributed by atoms with E-state index in [1.165, 1.54) is 6.42 Å². The number of amides is 2. The molecule has 12 heavy (non-hydrogen) atoms. The highest BCUT2D eigenvalue weighted by Crippen LogP contribution is 2.09. The van der Waals surface area contributed by atoms with Crippen molar-refractivity contribution in [1.29, 1.82) is 0 Å². The third kappa shape index (κ3) is 2.53. The van der Waals surface area contributed by atoms with Crippen LogP contribution in [0.2, 0.25) is 0 Å². The summed E-state index contributed by atoms with van der Waals surface area (Å²) in [4.78, 5) is 23.2. The molecule has 1 saturated heterocycles. The van der Waals surface area contributed by atoms with Gasteiger partial charge in [-0.2, -0.15) is 0 Å². The van der Waals surface area contributed by atoms with Gasteiger partial charge in [-0.1, -0.05) is 0 Å². The van der Waals surface area contributed by atoms with Crippen LogP contribution in [-0.2, 0) is 9.59 Å². The van der Waals surface area contributed by atoms with E-state index in [9.17, 15) is 9.59 Å². The summed E-state index contributed by atoms with van der Waals surface area (Å²) in [6.07, 6.45) is 4.17. The number of carbonyl (C=O) groups excluding carboxylic acids is 2. The highest BCUT2D eigenvalue weighted by atomic mass is 16.2. The highest BCUT2D eigenvalue weighted by molar-refractivity contribution is 6.07. The molecule has 1 aliphatic rings. The number of carbonyl (C=O) groups is 2. The van der Waals surface area contributed by atoms with Gasteiger partial charge >= 0.3 is 0 Å². The lowest BCUT2D eigenvalue weighted by atomic mass is 10.1. The van der Waals surface area contributed by atoms with Crippen molar-refractivity contribution in [3.05, 3.63) is 6.42 Å². The van der Waals surface area contributed by atoms with Crippen LogP contribution in [0.25, 0.3) is 0 Å². The number of hydrogen-bond acceptors (Lipinski definition) is 2. The van der Waals surface area contributed by atoms with Crippen LogP contribution in [0.5, 0.6) is 0 Å². The van der Waals surface area contributed by atoms with E-state index in [4.69, 9.17) is 5.73 Å². The lowest BCUT2D eigenvalue weighted by Gasteiger charge is -2.25. The lowest BCUT2D eigenvalue weighted by Crippen LogP contribution is -2.38. The number of likely N-dealkylation sites (tertiary alicyclic amines) is 1. The second kappa shape index (κ2) is 4.09. The first-order chi connectivity index (χ1) is 5.70. The zero-order valence-corrected chi connectivity index (χ0v) is 6.95. The van der Waals surface area contributed by atoms with E-state index >= 15 is 0 Å². The molecule has 67 valence electrons. The third-order valence-corrected chi connectivity index (χ3v) is 1.93. The lowest BCUT2D eigenvalue weighted by molar-refractivity contribution is -0.130. The Balaban J connectivity index is 2.34. The fourth-order valence-corrected chi connectivity index (χ4v) is 1.33. The van der Waals surface area contributed by atoms with E-state index in [1.54, 1.807) is 4.90 Å². The predicted octanol–water partition coefficient (Wildman–Crippen LogP) is -0.312. The maximum atomic E-state index is 11.2. The number of nitrogens with zero attached hydrogens (tertiary/aromatic N) is 1. The molecule has 0 aliphatic carbocycles. The van der Waals surface area contributed by atoms with E-state index in [0.717, 1.165) is 32.4 Å². The Kier molecular flexibility index (Phi) is 3.08. The van der Waals surface area contributed by atoms with E-state index < -0.39 is 5.91 Å². The highest BCUT2D eigenvalue weighted by Gasteiger charge is 2.17. The van der Waals surface area contributed by atoms with Crippen molar-refractivity contribution in [3.63, 3.8) is 0 Å². The van der Waals surface area contributed by atoms with Gasteiger partial charge in [-0.25, -0.2) is 0 Å². The minimum absolute atomic E-state index is 0.248. The van der Waals surface area contributed by atoms with Gasteiger partial charge in [-0.05, 0) is 19.3 Å². The molecule has 1 rings (SSSR count). The molecule has 0 unspecified atom stereocenters. The van der Waals surface area contributed by atoms with Crippen molar-refractivity contribution in [3.8, 4) is 0 Å². The summed E-state index contributed by atoms with van der Waals surface area (Å²) in [6.45, 7) is 1.51. The largest absolute Gasteiger partial charge is 0.369 e. The van der Waals surface area contributed by atoms with Crippen LogP contribution in [0.1, 0.15) is 19.3 Å². The molecule has 1 fully saturated rings. The number of hydrogen-bond donors (Lipinski definition) is 1. The Hall–Kier alpha value is -1.06. The Morgan fingerprint density at radius 1 is 1.17 bits per heavy atom. The molecule has 1 aliphatic heterocycles. The average molecular weight is 169 g/mol. The van der Waals surface area contributed by atoms with Gasteiger partial charge < -0.3 is 10.6 Å². The number of piperidine rings is 1. The number of rotatable bonds is 2. The molecule has 0 atom stereocenters. The molecule has 0 aromatic heterocycles. The Morgan fingerprint density at radius 3 is 2.25 bits per heavy atom. The Morgan fingerprint density at radius 2 is 1.75 bits per heavy atom. The summed E-state index contributed by atoms with van der Waals surface area (Å²) in [5.74, 6) is -0.909. The minimum Gasteiger partial charge on any atom is -0.369 e. The molecule has 2 N–H and O–H groups in total. The first-order valence-electron chi connectivity index (χ1n) is 4.13. The van der Waals surface area contributed by atoms with Gasteiger partial charge in [0.1, 0.15) is 6.42 Å². The number of primary amides is 1. The van der Waals surface area contributed by atoms with Crippen LogP contribution in [0.4, 0.5) is 0 Å². The first-order valence-corrected chi connectivity index (χ1v) is 4.13. The molecule has 0 aromatic carbocycles. The maximum absolute atomic E-state index is 11.2. The summed E-state index contributed by atoms with van der Waals surface area (Å²) in [6, 6.07) is 0. The molecule has 2 amide bonds. The molecule has 1 heterocycles. The van der Waals surface area contributed by atoms with Crippen LogP contribution in [0, 0.1) is 6.42 Å². The van der Waals surface area contributed by atoms with E-state index in [1.807, 2.05) is 0 Å². The van der Waals surface area contributed by atoms with Crippen molar-refractivity contribution < 1.29 is 9.59 Å². The van der Waals surface area contributed by atoms with Crippen molar-refractivity contribution in [2.75, 3.05) is 13.1 Å². The summed E-state index contributed by atoms with van der Waals surface area (Å²) in [5.41, 5.74) is 4.86. The van der Waals surface area contributed by atoms with Gasteiger partial charge in [0.2, 0.25) is 11.8 Å². The van der Waals surface area contributed by atoms with Crippen molar-refractivity contribution in [1.82, 2.24) is 4.90 Å². The maximum Gasteiger partial charge on any atom is 0.236 e. The fourth-order valence-electron chi connectivity index (χ4n) is 1.33. The molecule has 4 nitrogen and oxygen atoms in total. The first kappa shape index (κ1) is 9.03. The standard InChI is InChI=1S/C8H13N2O2/c9-7(11)6-8(12)10-4-2-1-3-5-10/h6H,1-5H2,(H2,9,11). The van der Waals surface area contributed by atoms with Crippen molar-refractivity contribution in [2.24, 2.45) is 5.73 Å². The van der Waals surface area contributed by atoms with Crippen LogP contribution < -0.4 is 5.73 Å². The van der Waals surface area contributed by atoms with E-state index in [0.29, 0.717) is 0 Å². The van der Waals surface area contributed by atoms with E-state index in [2.05, 4.69) is 0 Å². The number of nitrogens with two attached hydrogens (primary N) is 1. The van der Waals surface area contributed by atoms with Gasteiger partial charge in [0.25, 0.3) is 0 Å². The third-order valence-electron chi connectivity index (χ3n) is 1.93. The van der Waals surface area contributed by atoms with Crippen molar-refractivity contribution in [2.45, 2.75) is 19.3 Å². The van der Waals surface area contributed by atoms with Crippen molar-refractivity contribution >= 4 is 11.8 Å². The SMILES string of the molecule is NC(=O)[CH]C(=O)N1CCCCC1. The summed E-state index contributed by atoms with van der Waals surface area (Å²) >= 11 is 0. The second-order valence-corrected chi connectivity index (χ2v) is 2.93. The van der Waals surface area contributed by atoms with Gasteiger partial charge in [-0.3, -0.25) is 9.59 Å². The smallest absolute Gasteiger partial charge is 0.236 e. The monoisotopic (exact) mass is 169 g/mol. The molecular formula is C8H13N2O2. The van der Waals surface area contributed by atoms with Gasteiger partial charge in [0, 0.05) is 13.1 Å². The molecule has 4 heteroatoms.